The fourth-order valence-electron chi connectivity index (χ4n) is 8.29. The van der Waals surface area contributed by atoms with Crippen LogP contribution in [0.4, 0.5) is 0 Å². The molecule has 0 aromatic heterocycles. The Hall–Kier alpha value is -0.620. The number of nitrogens with one attached hydrogen (secondary N) is 1. The fraction of sp³-hybridized carbons (Fsp3) is 0.960. The Bertz CT molecular complexity index is 786. The Balaban J connectivity index is 1.43. The summed E-state index contributed by atoms with van der Waals surface area (Å²) in [6, 6.07) is 0. The Labute approximate surface area is 189 Å². The van der Waals surface area contributed by atoms with E-state index in [4.69, 9.17) is 4.74 Å². The molecule has 4 fully saturated rings. The van der Waals surface area contributed by atoms with E-state index in [0.29, 0.717) is 54.4 Å². The maximum Gasteiger partial charge on any atom is 0.309 e. The minimum atomic E-state index is -3.14. The molecule has 0 aliphatic heterocycles. The van der Waals surface area contributed by atoms with E-state index in [1.54, 1.807) is 0 Å². The number of hydrogen-bond donors (Lipinski definition) is 1. The van der Waals surface area contributed by atoms with Crippen LogP contribution in [0.15, 0.2) is 0 Å². The highest BCUT2D eigenvalue weighted by atomic mass is 32.2. The Morgan fingerprint density at radius 3 is 2.23 bits per heavy atom. The minimum absolute atomic E-state index is 0.00879. The maximum absolute atomic E-state index is 12.8. The first-order valence-corrected chi connectivity index (χ1v) is 14.3. The summed E-state index contributed by atoms with van der Waals surface area (Å²) in [4.78, 5) is 12.8. The second kappa shape index (κ2) is 8.30. The molecule has 10 atom stereocenters. The molecule has 0 aromatic carbocycles. The molecule has 0 radical (unpaired) electrons. The first kappa shape index (κ1) is 23.5. The van der Waals surface area contributed by atoms with Crippen molar-refractivity contribution in [1.29, 1.82) is 0 Å². The number of carbonyl (C=O) groups is 1. The summed E-state index contributed by atoms with van der Waals surface area (Å²) < 4.78 is 33.1. The Morgan fingerprint density at radius 1 is 0.968 bits per heavy atom. The van der Waals surface area contributed by atoms with Gasteiger partial charge in [-0.15, -0.1) is 0 Å². The second-order valence-corrected chi connectivity index (χ2v) is 14.2. The summed E-state index contributed by atoms with van der Waals surface area (Å²) >= 11 is 0. The molecule has 0 saturated heterocycles. The predicted octanol–water partition coefficient (Wildman–Crippen LogP) is 4.47. The first-order valence-electron chi connectivity index (χ1n) is 12.6. The first-order chi connectivity index (χ1) is 14.4. The van der Waals surface area contributed by atoms with Gasteiger partial charge in [0.2, 0.25) is 10.0 Å². The van der Waals surface area contributed by atoms with Gasteiger partial charge in [0.05, 0.1) is 11.7 Å². The molecule has 31 heavy (non-hydrogen) atoms. The summed E-state index contributed by atoms with van der Waals surface area (Å²) in [7, 11) is -3.14. The van der Waals surface area contributed by atoms with Gasteiger partial charge in [-0.3, -0.25) is 4.79 Å². The van der Waals surface area contributed by atoms with Gasteiger partial charge in [0, 0.05) is 6.54 Å². The van der Waals surface area contributed by atoms with Crippen LogP contribution < -0.4 is 4.72 Å². The number of ether oxygens (including phenoxy) is 1. The zero-order chi connectivity index (χ0) is 22.7. The molecule has 4 rings (SSSR count). The molecule has 1 N–H and O–H groups in total. The van der Waals surface area contributed by atoms with Crippen molar-refractivity contribution < 1.29 is 17.9 Å². The van der Waals surface area contributed by atoms with E-state index in [-0.39, 0.29) is 17.6 Å². The van der Waals surface area contributed by atoms with Crippen molar-refractivity contribution in [2.24, 2.45) is 59.2 Å². The largest absolute Gasteiger partial charge is 0.460 e. The lowest BCUT2D eigenvalue weighted by molar-refractivity contribution is -0.163. The summed E-state index contributed by atoms with van der Waals surface area (Å²) in [5, 5.41) is 0. The zero-order valence-corrected chi connectivity index (χ0v) is 21.1. The summed E-state index contributed by atoms with van der Waals surface area (Å²) in [6.07, 6.45) is 5.26. The van der Waals surface area contributed by atoms with E-state index in [1.165, 1.54) is 19.3 Å². The van der Waals surface area contributed by atoms with Crippen molar-refractivity contribution in [2.75, 3.05) is 12.3 Å². The molecule has 6 heteroatoms. The van der Waals surface area contributed by atoms with Crippen molar-refractivity contribution in [3.63, 3.8) is 0 Å². The lowest BCUT2D eigenvalue weighted by Gasteiger charge is -2.44. The molecule has 4 saturated carbocycles. The minimum Gasteiger partial charge on any atom is -0.460 e. The van der Waals surface area contributed by atoms with E-state index >= 15 is 0 Å². The van der Waals surface area contributed by atoms with Crippen LogP contribution >= 0.6 is 0 Å². The summed E-state index contributed by atoms with van der Waals surface area (Å²) in [6.45, 7) is 13.2. The molecule has 4 aliphatic rings. The second-order valence-electron chi connectivity index (χ2n) is 12.2. The van der Waals surface area contributed by atoms with Gasteiger partial charge in [-0.05, 0) is 106 Å². The average molecular weight is 454 g/mol. The fourth-order valence-corrected chi connectivity index (χ4v) is 9.44. The smallest absolute Gasteiger partial charge is 0.309 e. The Morgan fingerprint density at radius 2 is 1.65 bits per heavy atom. The number of hydrogen-bond acceptors (Lipinski definition) is 4. The topological polar surface area (TPSA) is 72.5 Å². The van der Waals surface area contributed by atoms with Crippen molar-refractivity contribution in [1.82, 2.24) is 4.72 Å². The van der Waals surface area contributed by atoms with Crippen molar-refractivity contribution in [3.05, 3.63) is 0 Å². The van der Waals surface area contributed by atoms with Gasteiger partial charge in [-0.1, -0.05) is 20.8 Å². The molecule has 10 unspecified atom stereocenters. The molecule has 5 nitrogen and oxygen atoms in total. The number of sulfonamides is 1. The highest BCUT2D eigenvalue weighted by Crippen LogP contribution is 2.66. The van der Waals surface area contributed by atoms with Crippen LogP contribution in [0.2, 0.25) is 0 Å². The number of fused-ring (bicyclic) bond motifs is 4. The van der Waals surface area contributed by atoms with Crippen molar-refractivity contribution in [3.8, 4) is 0 Å². The van der Waals surface area contributed by atoms with Gasteiger partial charge in [-0.2, -0.15) is 0 Å². The van der Waals surface area contributed by atoms with Crippen molar-refractivity contribution >= 4 is 16.0 Å². The number of rotatable bonds is 7. The number of esters is 1. The van der Waals surface area contributed by atoms with Gasteiger partial charge in [0.25, 0.3) is 0 Å². The van der Waals surface area contributed by atoms with Gasteiger partial charge >= 0.3 is 5.97 Å². The third-order valence-corrected chi connectivity index (χ3v) is 10.9. The molecule has 0 heterocycles. The molecule has 0 amide bonds. The predicted molar refractivity (Wildman–Crippen MR) is 123 cm³/mol. The zero-order valence-electron chi connectivity index (χ0n) is 20.3. The van der Waals surface area contributed by atoms with E-state index in [1.807, 2.05) is 27.7 Å². The molecule has 178 valence electrons. The van der Waals surface area contributed by atoms with Crippen LogP contribution in [0, 0.1) is 59.2 Å². The van der Waals surface area contributed by atoms with Gasteiger partial charge in [0.1, 0.15) is 5.60 Å². The quantitative estimate of drug-likeness (QED) is 0.577. The van der Waals surface area contributed by atoms with Crippen LogP contribution in [-0.4, -0.2) is 32.3 Å². The van der Waals surface area contributed by atoms with Gasteiger partial charge in [0.15, 0.2) is 0 Å². The van der Waals surface area contributed by atoms with Crippen LogP contribution in [0.1, 0.15) is 73.6 Å². The maximum atomic E-state index is 12.8. The van der Waals surface area contributed by atoms with Crippen LogP contribution in [0.25, 0.3) is 0 Å². The highest BCUT2D eigenvalue weighted by molar-refractivity contribution is 7.89. The van der Waals surface area contributed by atoms with E-state index in [9.17, 15) is 13.2 Å². The van der Waals surface area contributed by atoms with Crippen LogP contribution in [0.5, 0.6) is 0 Å². The van der Waals surface area contributed by atoms with E-state index in [2.05, 4.69) is 18.6 Å². The Kier molecular flexibility index (Phi) is 6.30. The standard InChI is InChI=1S/C25H43NO4S/c1-7-8-31(28,29)26-13-18-9-16-10-20(18)23(14(16)2)22-15(3)19-11-17(22)12-21(19)24(27)30-25(4,5)6/h14-23,26H,7-13H2,1-6H3. The summed E-state index contributed by atoms with van der Waals surface area (Å²) in [5.74, 6) is 5.89. The van der Waals surface area contributed by atoms with Crippen LogP contribution in [0.3, 0.4) is 0 Å². The van der Waals surface area contributed by atoms with Crippen molar-refractivity contribution in [2.45, 2.75) is 79.2 Å². The van der Waals surface area contributed by atoms with E-state index < -0.39 is 15.6 Å². The highest BCUT2D eigenvalue weighted by Gasteiger charge is 2.61. The molecular weight excluding hydrogens is 410 g/mol. The normalized spacial score (nSPS) is 44.2. The molecular formula is C25H43NO4S. The SMILES string of the molecule is CCCS(=O)(=O)NCC1CC2CC1C(C1C3CC(C(=O)OC(C)(C)C)C(C3)C1C)C2C. The molecule has 0 spiro atoms. The molecule has 0 aromatic rings. The summed E-state index contributed by atoms with van der Waals surface area (Å²) in [5.41, 5.74) is -0.418. The van der Waals surface area contributed by atoms with E-state index in [0.717, 1.165) is 18.3 Å². The lowest BCUT2D eigenvalue weighted by atomic mass is 9.61. The lowest BCUT2D eigenvalue weighted by Crippen LogP contribution is -2.43. The van der Waals surface area contributed by atoms with Gasteiger partial charge in [-0.25, -0.2) is 13.1 Å². The monoisotopic (exact) mass is 453 g/mol. The van der Waals surface area contributed by atoms with Crippen LogP contribution in [-0.2, 0) is 19.6 Å². The molecule has 4 bridgehead atoms. The third kappa shape index (κ3) is 4.45. The molecule has 4 aliphatic carbocycles. The number of carbonyl (C=O) groups excluding carboxylic acids is 1. The third-order valence-electron chi connectivity index (χ3n) is 9.30. The van der Waals surface area contributed by atoms with Gasteiger partial charge < -0.3 is 4.74 Å². The average Bonchev–Trinajstić information content (AvgIpc) is 3.38.